The highest BCUT2D eigenvalue weighted by Crippen LogP contribution is 2.22. The van der Waals surface area contributed by atoms with E-state index in [1.807, 2.05) is 7.05 Å². The molecule has 0 bridgehead atoms. The maximum atomic E-state index is 13.1. The van der Waals surface area contributed by atoms with E-state index in [2.05, 4.69) is 38.5 Å². The molecule has 1 atom stereocenters. The SMILES string of the molecule is CCCc1cc(N2CC[C@H](NC)C2)nc(Nc2ccc(F)cc2)n1. The molecule has 128 valence electrons. The minimum Gasteiger partial charge on any atom is -0.355 e. The van der Waals surface area contributed by atoms with Crippen molar-refractivity contribution in [2.24, 2.45) is 0 Å². The van der Waals surface area contributed by atoms with Gasteiger partial charge in [0.15, 0.2) is 0 Å². The van der Waals surface area contributed by atoms with Crippen LogP contribution in [-0.4, -0.2) is 36.1 Å². The Hall–Kier alpha value is -2.21. The van der Waals surface area contributed by atoms with Gasteiger partial charge in [0.25, 0.3) is 0 Å². The van der Waals surface area contributed by atoms with Gasteiger partial charge in [0.05, 0.1) is 0 Å². The highest BCUT2D eigenvalue weighted by molar-refractivity contribution is 5.56. The molecule has 0 unspecified atom stereocenters. The van der Waals surface area contributed by atoms with E-state index in [1.54, 1.807) is 12.1 Å². The van der Waals surface area contributed by atoms with E-state index in [9.17, 15) is 4.39 Å². The minimum absolute atomic E-state index is 0.253. The molecule has 1 aliphatic heterocycles. The van der Waals surface area contributed by atoms with Crippen molar-refractivity contribution >= 4 is 17.5 Å². The summed E-state index contributed by atoms with van der Waals surface area (Å²) in [5, 5.41) is 6.51. The highest BCUT2D eigenvalue weighted by atomic mass is 19.1. The number of aromatic nitrogens is 2. The number of hydrogen-bond acceptors (Lipinski definition) is 5. The van der Waals surface area contributed by atoms with Crippen LogP contribution in [-0.2, 0) is 6.42 Å². The van der Waals surface area contributed by atoms with E-state index in [0.29, 0.717) is 12.0 Å². The first-order valence-electron chi connectivity index (χ1n) is 8.50. The van der Waals surface area contributed by atoms with Crippen LogP contribution in [0.1, 0.15) is 25.5 Å². The molecule has 3 rings (SSSR count). The van der Waals surface area contributed by atoms with Crippen LogP contribution in [0.2, 0.25) is 0 Å². The van der Waals surface area contributed by atoms with Crippen LogP contribution in [0.4, 0.5) is 21.8 Å². The summed E-state index contributed by atoms with van der Waals surface area (Å²) in [5.41, 5.74) is 1.81. The second-order valence-electron chi connectivity index (χ2n) is 6.14. The number of likely N-dealkylation sites (N-methyl/N-ethyl adjacent to an activating group) is 1. The van der Waals surface area contributed by atoms with Crippen LogP contribution >= 0.6 is 0 Å². The molecule has 0 radical (unpaired) electrons. The van der Waals surface area contributed by atoms with Crippen molar-refractivity contribution in [3.05, 3.63) is 41.8 Å². The molecule has 1 aliphatic rings. The molecule has 0 amide bonds. The molecule has 6 heteroatoms. The first-order valence-corrected chi connectivity index (χ1v) is 8.50. The fourth-order valence-corrected chi connectivity index (χ4v) is 2.95. The lowest BCUT2D eigenvalue weighted by atomic mass is 10.2. The van der Waals surface area contributed by atoms with E-state index < -0.39 is 0 Å². The van der Waals surface area contributed by atoms with E-state index in [-0.39, 0.29) is 5.82 Å². The van der Waals surface area contributed by atoms with Crippen molar-refractivity contribution in [3.8, 4) is 0 Å². The first kappa shape index (κ1) is 16.6. The van der Waals surface area contributed by atoms with Crippen molar-refractivity contribution in [1.82, 2.24) is 15.3 Å². The number of nitrogens with one attached hydrogen (secondary N) is 2. The fourth-order valence-electron chi connectivity index (χ4n) is 2.95. The molecule has 1 aromatic heterocycles. The smallest absolute Gasteiger partial charge is 0.229 e. The van der Waals surface area contributed by atoms with Gasteiger partial charge in [-0.3, -0.25) is 0 Å². The Labute approximate surface area is 142 Å². The number of benzene rings is 1. The van der Waals surface area contributed by atoms with Crippen LogP contribution in [0.5, 0.6) is 0 Å². The number of aryl methyl sites for hydroxylation is 1. The molecule has 2 heterocycles. The second kappa shape index (κ2) is 7.57. The fraction of sp³-hybridized carbons (Fsp3) is 0.444. The summed E-state index contributed by atoms with van der Waals surface area (Å²) in [6.45, 7) is 4.08. The van der Waals surface area contributed by atoms with Gasteiger partial charge in [0, 0.05) is 36.6 Å². The Bertz CT molecular complexity index is 674. The molecule has 0 aliphatic carbocycles. The van der Waals surface area contributed by atoms with Gasteiger partial charge in [-0.25, -0.2) is 9.37 Å². The third-order valence-electron chi connectivity index (χ3n) is 4.29. The Morgan fingerprint density at radius 1 is 1.25 bits per heavy atom. The number of halogens is 1. The molecule has 1 aromatic carbocycles. The Balaban J connectivity index is 1.84. The normalized spacial score (nSPS) is 17.3. The largest absolute Gasteiger partial charge is 0.355 e. The van der Waals surface area contributed by atoms with Crippen LogP contribution in [0.15, 0.2) is 30.3 Å². The van der Waals surface area contributed by atoms with Crippen LogP contribution in [0, 0.1) is 5.82 Å². The van der Waals surface area contributed by atoms with E-state index in [1.165, 1.54) is 12.1 Å². The Kier molecular flexibility index (Phi) is 5.25. The number of rotatable bonds is 6. The molecule has 0 spiro atoms. The van der Waals surface area contributed by atoms with E-state index >= 15 is 0 Å². The predicted octanol–water partition coefficient (Wildman–Crippen LogP) is 3.11. The zero-order valence-corrected chi connectivity index (χ0v) is 14.2. The summed E-state index contributed by atoms with van der Waals surface area (Å²) in [5.74, 6) is 1.27. The lowest BCUT2D eigenvalue weighted by Crippen LogP contribution is -2.30. The van der Waals surface area contributed by atoms with Gasteiger partial charge < -0.3 is 15.5 Å². The molecular weight excluding hydrogens is 305 g/mol. The van der Waals surface area contributed by atoms with Crippen molar-refractivity contribution in [3.63, 3.8) is 0 Å². The molecule has 0 saturated carbocycles. The summed E-state index contributed by atoms with van der Waals surface area (Å²) in [6.07, 6.45) is 3.06. The van der Waals surface area contributed by atoms with Gasteiger partial charge >= 0.3 is 0 Å². The standard InChI is InChI=1S/C18H24FN5/c1-3-4-15-11-17(24-10-9-16(12-24)20-2)23-18(22-15)21-14-7-5-13(19)6-8-14/h5-8,11,16,20H,3-4,9-10,12H2,1-2H3,(H,21,22,23)/t16-/m0/s1. The Morgan fingerprint density at radius 3 is 2.71 bits per heavy atom. The molecule has 1 saturated heterocycles. The van der Waals surface area contributed by atoms with Gasteiger partial charge in [-0.2, -0.15) is 4.98 Å². The molecule has 24 heavy (non-hydrogen) atoms. The van der Waals surface area contributed by atoms with Crippen LogP contribution in [0.3, 0.4) is 0 Å². The minimum atomic E-state index is -0.253. The maximum Gasteiger partial charge on any atom is 0.229 e. The van der Waals surface area contributed by atoms with Gasteiger partial charge in [-0.1, -0.05) is 13.3 Å². The average molecular weight is 329 g/mol. The quantitative estimate of drug-likeness (QED) is 0.853. The maximum absolute atomic E-state index is 13.1. The second-order valence-corrected chi connectivity index (χ2v) is 6.14. The summed E-state index contributed by atoms with van der Waals surface area (Å²) in [7, 11) is 2.00. The van der Waals surface area contributed by atoms with Crippen molar-refractivity contribution in [1.29, 1.82) is 0 Å². The van der Waals surface area contributed by atoms with Crippen molar-refractivity contribution < 1.29 is 4.39 Å². The lowest BCUT2D eigenvalue weighted by Gasteiger charge is -2.19. The van der Waals surface area contributed by atoms with Gasteiger partial charge in [0.1, 0.15) is 11.6 Å². The van der Waals surface area contributed by atoms with Gasteiger partial charge in [-0.15, -0.1) is 0 Å². The zero-order chi connectivity index (χ0) is 16.9. The molecule has 2 N–H and O–H groups in total. The van der Waals surface area contributed by atoms with Gasteiger partial charge in [0.2, 0.25) is 5.95 Å². The van der Waals surface area contributed by atoms with Crippen molar-refractivity contribution in [2.75, 3.05) is 30.4 Å². The first-order chi connectivity index (χ1) is 11.7. The summed E-state index contributed by atoms with van der Waals surface area (Å²) in [4.78, 5) is 11.5. The number of hydrogen-bond donors (Lipinski definition) is 2. The monoisotopic (exact) mass is 329 g/mol. The lowest BCUT2D eigenvalue weighted by molar-refractivity contribution is 0.616. The highest BCUT2D eigenvalue weighted by Gasteiger charge is 2.23. The summed E-state index contributed by atoms with van der Waals surface area (Å²) in [6, 6.07) is 8.82. The molecular formula is C18H24FN5. The predicted molar refractivity (Wildman–Crippen MR) is 95.4 cm³/mol. The van der Waals surface area contributed by atoms with E-state index in [4.69, 9.17) is 0 Å². The third-order valence-corrected chi connectivity index (χ3v) is 4.29. The number of anilines is 3. The third kappa shape index (κ3) is 4.00. The summed E-state index contributed by atoms with van der Waals surface area (Å²) < 4.78 is 13.1. The topological polar surface area (TPSA) is 53.1 Å². The summed E-state index contributed by atoms with van der Waals surface area (Å²) >= 11 is 0. The number of nitrogens with zero attached hydrogens (tertiary/aromatic N) is 3. The van der Waals surface area contributed by atoms with E-state index in [0.717, 1.165) is 49.6 Å². The van der Waals surface area contributed by atoms with Crippen molar-refractivity contribution in [2.45, 2.75) is 32.2 Å². The van der Waals surface area contributed by atoms with Crippen LogP contribution < -0.4 is 15.5 Å². The molecule has 5 nitrogen and oxygen atoms in total. The van der Waals surface area contributed by atoms with Crippen LogP contribution in [0.25, 0.3) is 0 Å². The zero-order valence-electron chi connectivity index (χ0n) is 14.2. The van der Waals surface area contributed by atoms with Gasteiger partial charge in [-0.05, 0) is 44.2 Å². The molecule has 1 fully saturated rings. The molecule has 2 aromatic rings. The Morgan fingerprint density at radius 2 is 2.04 bits per heavy atom. The average Bonchev–Trinajstić information content (AvgIpc) is 3.06.